The molecule has 1 heterocycles. The molecule has 0 aromatic rings. The van der Waals surface area contributed by atoms with Crippen LogP contribution in [0.5, 0.6) is 0 Å². The van der Waals surface area contributed by atoms with E-state index in [2.05, 4.69) is 22.9 Å². The molecule has 2 bridgehead atoms. The summed E-state index contributed by atoms with van der Waals surface area (Å²) in [5.74, 6) is 1.90. The summed E-state index contributed by atoms with van der Waals surface area (Å²) in [5.41, 5.74) is 0. The van der Waals surface area contributed by atoms with Crippen LogP contribution in [0.2, 0.25) is 0 Å². The quantitative estimate of drug-likeness (QED) is 0.659. The molecule has 3 fully saturated rings. The lowest BCUT2D eigenvalue weighted by atomic mass is 9.84. The van der Waals surface area contributed by atoms with E-state index in [1.54, 1.807) is 0 Å². The molecule has 5 atom stereocenters. The van der Waals surface area contributed by atoms with Gasteiger partial charge in [-0.05, 0) is 50.4 Å². The van der Waals surface area contributed by atoms with Gasteiger partial charge in [-0.15, -0.1) is 0 Å². The molecular weight excluding hydrogens is 270 g/mol. The molecular formula is C15H23N3O3. The van der Waals surface area contributed by atoms with Crippen molar-refractivity contribution in [2.75, 3.05) is 0 Å². The molecule has 2 saturated carbocycles. The second-order valence-electron chi connectivity index (χ2n) is 6.75. The van der Waals surface area contributed by atoms with E-state index < -0.39 is 12.1 Å². The van der Waals surface area contributed by atoms with Crippen molar-refractivity contribution >= 4 is 17.8 Å². The Hall–Kier alpha value is -1.59. The number of hydrogen-bond donors (Lipinski definition) is 3. The highest BCUT2D eigenvalue weighted by Gasteiger charge is 2.42. The fraction of sp³-hybridized carbons (Fsp3) is 0.800. The monoisotopic (exact) mass is 293 g/mol. The van der Waals surface area contributed by atoms with Gasteiger partial charge in [-0.25, -0.2) is 4.79 Å². The predicted molar refractivity (Wildman–Crippen MR) is 76.2 cm³/mol. The number of carbonyl (C=O) groups is 3. The smallest absolute Gasteiger partial charge is 0.322 e. The minimum absolute atomic E-state index is 0.0285. The van der Waals surface area contributed by atoms with Crippen LogP contribution in [0.3, 0.4) is 0 Å². The molecule has 3 N–H and O–H groups in total. The zero-order chi connectivity index (χ0) is 15.0. The standard InChI is InChI=1S/C15H23N3O3/c1-8(11-7-9-2-3-10(11)6-9)16-13(19)5-4-12-14(20)18-15(21)17-12/h8-12H,2-7H2,1H3,(H,16,19)(H2,17,18,20,21)/t8-,9-,10-,11-,12-/m0/s1. The van der Waals surface area contributed by atoms with E-state index >= 15 is 0 Å². The summed E-state index contributed by atoms with van der Waals surface area (Å²) in [7, 11) is 0. The van der Waals surface area contributed by atoms with Gasteiger partial charge in [0.2, 0.25) is 5.91 Å². The summed E-state index contributed by atoms with van der Waals surface area (Å²) in [6, 6.07) is -0.832. The summed E-state index contributed by atoms with van der Waals surface area (Å²) in [6.45, 7) is 2.09. The van der Waals surface area contributed by atoms with Gasteiger partial charge in [0.25, 0.3) is 5.91 Å². The Kier molecular flexibility index (Phi) is 3.87. The van der Waals surface area contributed by atoms with Crippen molar-refractivity contribution in [3.63, 3.8) is 0 Å². The molecule has 0 radical (unpaired) electrons. The van der Waals surface area contributed by atoms with E-state index in [4.69, 9.17) is 0 Å². The first-order valence-electron chi connectivity index (χ1n) is 7.93. The Morgan fingerprint density at radius 2 is 2.14 bits per heavy atom. The van der Waals surface area contributed by atoms with Gasteiger partial charge < -0.3 is 10.6 Å². The average molecular weight is 293 g/mol. The zero-order valence-electron chi connectivity index (χ0n) is 12.4. The summed E-state index contributed by atoms with van der Waals surface area (Å²) in [6.07, 6.45) is 5.87. The van der Waals surface area contributed by atoms with E-state index in [1.807, 2.05) is 0 Å². The lowest BCUT2D eigenvalue weighted by Gasteiger charge is -2.28. The maximum atomic E-state index is 12.0. The van der Waals surface area contributed by atoms with Gasteiger partial charge in [0, 0.05) is 12.5 Å². The molecule has 4 amide bonds. The molecule has 0 unspecified atom stereocenters. The molecule has 0 aromatic carbocycles. The largest absolute Gasteiger partial charge is 0.353 e. The van der Waals surface area contributed by atoms with Crippen molar-refractivity contribution in [3.8, 4) is 0 Å². The summed E-state index contributed by atoms with van der Waals surface area (Å²) < 4.78 is 0. The number of urea groups is 1. The topological polar surface area (TPSA) is 87.3 Å². The molecule has 116 valence electrons. The molecule has 0 spiro atoms. The van der Waals surface area contributed by atoms with E-state index in [9.17, 15) is 14.4 Å². The Morgan fingerprint density at radius 3 is 2.71 bits per heavy atom. The molecule has 21 heavy (non-hydrogen) atoms. The van der Waals surface area contributed by atoms with Gasteiger partial charge in [0.1, 0.15) is 6.04 Å². The molecule has 2 aliphatic carbocycles. The minimum Gasteiger partial charge on any atom is -0.353 e. The first-order valence-corrected chi connectivity index (χ1v) is 7.93. The fourth-order valence-electron chi connectivity index (χ4n) is 4.28. The first kappa shape index (κ1) is 14.4. The van der Waals surface area contributed by atoms with Gasteiger partial charge in [0.05, 0.1) is 0 Å². The highest BCUT2D eigenvalue weighted by molar-refractivity contribution is 6.04. The van der Waals surface area contributed by atoms with Crippen molar-refractivity contribution in [2.24, 2.45) is 17.8 Å². The molecule has 1 saturated heterocycles. The third-order valence-electron chi connectivity index (χ3n) is 5.34. The molecule has 0 aromatic heterocycles. The molecule has 6 heteroatoms. The van der Waals surface area contributed by atoms with E-state index in [0.717, 1.165) is 11.8 Å². The Bertz CT molecular complexity index is 465. The minimum atomic E-state index is -0.568. The van der Waals surface area contributed by atoms with Gasteiger partial charge >= 0.3 is 6.03 Å². The number of nitrogens with one attached hydrogen (secondary N) is 3. The Balaban J connectivity index is 1.42. The molecule has 3 aliphatic rings. The number of carbonyl (C=O) groups excluding carboxylic acids is 3. The van der Waals surface area contributed by atoms with Crippen molar-refractivity contribution in [1.29, 1.82) is 0 Å². The Morgan fingerprint density at radius 1 is 1.33 bits per heavy atom. The van der Waals surface area contributed by atoms with Crippen LogP contribution in [0.25, 0.3) is 0 Å². The lowest BCUT2D eigenvalue weighted by molar-refractivity contribution is -0.123. The number of amides is 4. The number of rotatable bonds is 5. The maximum absolute atomic E-state index is 12.0. The average Bonchev–Trinajstić information content (AvgIpc) is 3.12. The van der Waals surface area contributed by atoms with Crippen LogP contribution in [0.1, 0.15) is 45.4 Å². The molecule has 3 rings (SSSR count). The van der Waals surface area contributed by atoms with Crippen molar-refractivity contribution in [3.05, 3.63) is 0 Å². The highest BCUT2D eigenvalue weighted by Crippen LogP contribution is 2.49. The second kappa shape index (κ2) is 5.66. The van der Waals surface area contributed by atoms with Gasteiger partial charge in [0.15, 0.2) is 0 Å². The fourth-order valence-corrected chi connectivity index (χ4v) is 4.28. The summed E-state index contributed by atoms with van der Waals surface area (Å²) >= 11 is 0. The van der Waals surface area contributed by atoms with E-state index in [0.29, 0.717) is 12.3 Å². The van der Waals surface area contributed by atoms with Crippen LogP contribution in [-0.2, 0) is 9.59 Å². The first-order chi connectivity index (χ1) is 10.0. The van der Waals surface area contributed by atoms with Crippen molar-refractivity contribution in [1.82, 2.24) is 16.0 Å². The third-order valence-corrected chi connectivity index (χ3v) is 5.34. The van der Waals surface area contributed by atoms with Gasteiger partial charge in [-0.2, -0.15) is 0 Å². The number of fused-ring (bicyclic) bond motifs is 2. The molecule has 1 aliphatic heterocycles. The van der Waals surface area contributed by atoms with Crippen LogP contribution >= 0.6 is 0 Å². The number of hydrogen-bond acceptors (Lipinski definition) is 3. The number of imide groups is 1. The Labute approximate surface area is 124 Å². The zero-order valence-corrected chi connectivity index (χ0v) is 12.4. The second-order valence-corrected chi connectivity index (χ2v) is 6.75. The summed E-state index contributed by atoms with van der Waals surface area (Å²) in [5, 5.41) is 7.76. The highest BCUT2D eigenvalue weighted by atomic mass is 16.2. The molecule has 6 nitrogen and oxygen atoms in total. The van der Waals surface area contributed by atoms with Crippen molar-refractivity contribution in [2.45, 2.75) is 57.5 Å². The predicted octanol–water partition coefficient (Wildman–Crippen LogP) is 0.915. The van der Waals surface area contributed by atoms with E-state index in [-0.39, 0.29) is 24.3 Å². The SMILES string of the molecule is C[C@H](NC(=O)CC[C@@H]1NC(=O)NC1=O)[C@@H]1C[C@H]2CC[C@H]1C2. The van der Waals surface area contributed by atoms with Gasteiger partial charge in [-0.1, -0.05) is 6.42 Å². The normalized spacial score (nSPS) is 35.5. The summed E-state index contributed by atoms with van der Waals surface area (Å²) in [4.78, 5) is 34.4. The maximum Gasteiger partial charge on any atom is 0.322 e. The van der Waals surface area contributed by atoms with Gasteiger partial charge in [-0.3, -0.25) is 14.9 Å². The van der Waals surface area contributed by atoms with Crippen LogP contribution in [-0.4, -0.2) is 29.9 Å². The van der Waals surface area contributed by atoms with Crippen molar-refractivity contribution < 1.29 is 14.4 Å². The van der Waals surface area contributed by atoms with Crippen LogP contribution in [0.4, 0.5) is 4.79 Å². The van der Waals surface area contributed by atoms with Crippen LogP contribution in [0, 0.1) is 17.8 Å². The third kappa shape index (κ3) is 3.04. The van der Waals surface area contributed by atoms with E-state index in [1.165, 1.54) is 25.7 Å². The van der Waals surface area contributed by atoms with Crippen LogP contribution in [0.15, 0.2) is 0 Å². The lowest BCUT2D eigenvalue weighted by Crippen LogP contribution is -2.41. The van der Waals surface area contributed by atoms with Crippen LogP contribution < -0.4 is 16.0 Å².